The van der Waals surface area contributed by atoms with E-state index in [2.05, 4.69) is 4.90 Å². The van der Waals surface area contributed by atoms with Gasteiger partial charge in [0, 0.05) is 32.4 Å². The summed E-state index contributed by atoms with van der Waals surface area (Å²) in [5, 5.41) is 23.7. The molecule has 0 spiro atoms. The van der Waals surface area contributed by atoms with Crippen molar-refractivity contribution in [2.24, 2.45) is 0 Å². The molecule has 0 amide bonds. The number of carboxylic acid groups (broad SMARTS) is 3. The molecule has 98 valence electrons. The fourth-order valence-electron chi connectivity index (χ4n) is 1.48. The Morgan fingerprint density at radius 2 is 1.67 bits per heavy atom. The molecular weight excluding hydrogens is 253 g/mol. The first-order valence-corrected chi connectivity index (χ1v) is 5.27. The smallest absolute Gasteiger partial charge is 0.565 e. The fraction of sp³-hybridized carbons (Fsp3) is 0.700. The molecule has 18 heavy (non-hydrogen) atoms. The molecule has 7 nitrogen and oxygen atoms in total. The van der Waals surface area contributed by atoms with Gasteiger partial charge in [0.05, 0.1) is 0 Å². The molecular formula is C10H16NNaO6. The Morgan fingerprint density at radius 3 is 2.06 bits per heavy atom. The third kappa shape index (κ3) is 13.4. The molecule has 0 aromatic carbocycles. The second-order valence-electron chi connectivity index (χ2n) is 3.64. The first kappa shape index (κ1) is 19.7. The normalized spacial score (nSPS) is 15.0. The number of piperidine rings is 1. The number of carboxylic acids is 1. The molecule has 0 bridgehead atoms. The van der Waals surface area contributed by atoms with Gasteiger partial charge in [0.15, 0.2) is 0 Å². The van der Waals surface area contributed by atoms with Crippen LogP contribution in [0.3, 0.4) is 0 Å². The Morgan fingerprint density at radius 1 is 1.22 bits per heavy atom. The zero-order valence-corrected chi connectivity index (χ0v) is 12.4. The molecule has 0 atom stereocenters. The minimum absolute atomic E-state index is 0. The zero-order valence-electron chi connectivity index (χ0n) is 10.4. The number of ketones is 1. The van der Waals surface area contributed by atoms with Crippen molar-refractivity contribution < 1.29 is 59.3 Å². The van der Waals surface area contributed by atoms with Gasteiger partial charge in [-0.3, -0.25) is 9.59 Å². The van der Waals surface area contributed by atoms with E-state index in [9.17, 15) is 9.59 Å². The second-order valence-corrected chi connectivity index (χ2v) is 3.64. The maximum atomic E-state index is 10.9. The first-order chi connectivity index (χ1) is 7.91. The summed E-state index contributed by atoms with van der Waals surface area (Å²) in [6.45, 7) is 2.41. The Labute approximate surface area is 127 Å². The van der Waals surface area contributed by atoms with E-state index in [4.69, 9.17) is 20.1 Å². The van der Waals surface area contributed by atoms with Crippen molar-refractivity contribution in [1.82, 2.24) is 4.90 Å². The number of nitrogens with zero attached hydrogens (tertiary/aromatic N) is 1. The maximum Gasteiger partial charge on any atom is 1.00 e. The number of carbonyl (C=O) groups excluding carboxylic acids is 1. The van der Waals surface area contributed by atoms with E-state index in [1.54, 1.807) is 0 Å². The Hall–Kier alpha value is -0.630. The van der Waals surface area contributed by atoms with E-state index in [0.717, 1.165) is 19.6 Å². The zero-order chi connectivity index (χ0) is 13.3. The molecule has 0 aromatic heterocycles. The minimum Gasteiger partial charge on any atom is -0.565 e. The molecule has 2 N–H and O–H groups in total. The standard InChI is InChI=1S/C9H15NO3.CH2O3.Na/c11-8-3-6-10(7-4-8)5-1-2-9(12)13;2-1(3)4;/h1-7H2,(H,12,13);(H2,2,3,4);/q;;+1/p-1. The van der Waals surface area contributed by atoms with Crippen LogP contribution in [0, 0.1) is 0 Å². The molecule has 8 heteroatoms. The molecule has 0 aromatic rings. The number of rotatable bonds is 4. The molecule has 0 saturated carbocycles. The van der Waals surface area contributed by atoms with Crippen molar-refractivity contribution in [3.63, 3.8) is 0 Å². The van der Waals surface area contributed by atoms with E-state index in [1.807, 2.05) is 0 Å². The topological polar surface area (TPSA) is 118 Å². The van der Waals surface area contributed by atoms with E-state index < -0.39 is 12.1 Å². The van der Waals surface area contributed by atoms with Gasteiger partial charge in [-0.25, -0.2) is 0 Å². The second kappa shape index (κ2) is 11.5. The molecule has 0 aliphatic carbocycles. The number of Topliss-reactive ketones (excluding diaryl/α,β-unsaturated/α-hetero) is 1. The third-order valence-electron chi connectivity index (χ3n) is 2.28. The van der Waals surface area contributed by atoms with Crippen LogP contribution in [-0.2, 0) is 9.59 Å². The summed E-state index contributed by atoms with van der Waals surface area (Å²) in [6, 6.07) is 0. The van der Waals surface area contributed by atoms with Crippen LogP contribution in [0.15, 0.2) is 0 Å². The van der Waals surface area contributed by atoms with Gasteiger partial charge in [-0.05, 0) is 13.0 Å². The number of hydrogen-bond acceptors (Lipinski definition) is 5. The van der Waals surface area contributed by atoms with Crippen molar-refractivity contribution in [3.8, 4) is 0 Å². The van der Waals surface area contributed by atoms with Gasteiger partial charge in [0.1, 0.15) is 5.78 Å². The van der Waals surface area contributed by atoms with Crippen molar-refractivity contribution in [3.05, 3.63) is 0 Å². The van der Waals surface area contributed by atoms with E-state index >= 15 is 0 Å². The molecule has 1 aliphatic heterocycles. The van der Waals surface area contributed by atoms with Gasteiger partial charge in [-0.1, -0.05) is 0 Å². The van der Waals surface area contributed by atoms with Crippen molar-refractivity contribution in [2.45, 2.75) is 25.7 Å². The summed E-state index contributed by atoms with van der Waals surface area (Å²) in [7, 11) is 0. The summed E-state index contributed by atoms with van der Waals surface area (Å²) >= 11 is 0. The van der Waals surface area contributed by atoms with E-state index in [1.165, 1.54) is 0 Å². The summed E-state index contributed by atoms with van der Waals surface area (Å²) in [5.74, 6) is -0.414. The Kier molecular flexibility index (Phi) is 12.5. The van der Waals surface area contributed by atoms with Crippen molar-refractivity contribution in [1.29, 1.82) is 0 Å². The van der Waals surface area contributed by atoms with Crippen LogP contribution in [0.2, 0.25) is 0 Å². The predicted molar refractivity (Wildman–Crippen MR) is 55.6 cm³/mol. The van der Waals surface area contributed by atoms with Crippen LogP contribution in [0.4, 0.5) is 4.79 Å². The van der Waals surface area contributed by atoms with Gasteiger partial charge >= 0.3 is 35.5 Å². The number of hydrogen-bond donors (Lipinski definition) is 2. The van der Waals surface area contributed by atoms with Crippen LogP contribution < -0.4 is 34.7 Å². The largest absolute Gasteiger partial charge is 1.00 e. The number of carbonyl (C=O) groups is 3. The molecule has 1 fully saturated rings. The molecule has 0 unspecified atom stereocenters. The molecule has 0 radical (unpaired) electrons. The van der Waals surface area contributed by atoms with Crippen LogP contribution >= 0.6 is 0 Å². The van der Waals surface area contributed by atoms with Gasteiger partial charge < -0.3 is 25.0 Å². The minimum atomic E-state index is -2.08. The average Bonchev–Trinajstić information content (AvgIpc) is 2.19. The maximum absolute atomic E-state index is 10.9. The first-order valence-electron chi connectivity index (χ1n) is 5.27. The van der Waals surface area contributed by atoms with Gasteiger partial charge in [0.25, 0.3) is 0 Å². The fourth-order valence-corrected chi connectivity index (χ4v) is 1.48. The molecule has 1 aliphatic rings. The summed E-state index contributed by atoms with van der Waals surface area (Å²) in [6.07, 6.45) is 0.0914. The molecule has 1 heterocycles. The number of aliphatic carboxylic acids is 1. The van der Waals surface area contributed by atoms with Crippen LogP contribution in [-0.4, -0.2) is 52.7 Å². The molecule has 1 rings (SSSR count). The van der Waals surface area contributed by atoms with E-state index in [0.29, 0.717) is 25.0 Å². The SMILES string of the molecule is O=C(O)CCCN1CCC(=O)CC1.O=C([O-])O.[Na+]. The number of likely N-dealkylation sites (tertiary alicyclic amines) is 1. The van der Waals surface area contributed by atoms with Crippen molar-refractivity contribution >= 4 is 17.9 Å². The summed E-state index contributed by atoms with van der Waals surface area (Å²) < 4.78 is 0. The van der Waals surface area contributed by atoms with Gasteiger partial charge in [-0.15, -0.1) is 0 Å². The van der Waals surface area contributed by atoms with Gasteiger partial charge in [-0.2, -0.15) is 0 Å². The summed E-state index contributed by atoms with van der Waals surface area (Å²) in [5.41, 5.74) is 0. The van der Waals surface area contributed by atoms with E-state index in [-0.39, 0.29) is 36.0 Å². The van der Waals surface area contributed by atoms with Crippen LogP contribution in [0.5, 0.6) is 0 Å². The Bertz CT molecular complexity index is 270. The quantitative estimate of drug-likeness (QED) is 0.506. The van der Waals surface area contributed by atoms with Gasteiger partial charge in [0.2, 0.25) is 6.16 Å². The molecule has 1 saturated heterocycles. The predicted octanol–water partition coefficient (Wildman–Crippen LogP) is -3.59. The van der Waals surface area contributed by atoms with Crippen LogP contribution in [0.25, 0.3) is 0 Å². The average molecular weight is 269 g/mol. The monoisotopic (exact) mass is 269 g/mol. The summed E-state index contributed by atoms with van der Waals surface area (Å²) in [4.78, 5) is 31.7. The third-order valence-corrected chi connectivity index (χ3v) is 2.28. The Balaban J connectivity index is 0. The van der Waals surface area contributed by atoms with Crippen LogP contribution in [0.1, 0.15) is 25.7 Å². The van der Waals surface area contributed by atoms with Crippen molar-refractivity contribution in [2.75, 3.05) is 19.6 Å².